The predicted octanol–water partition coefficient (Wildman–Crippen LogP) is 4.97. The molecule has 0 saturated carbocycles. The number of hydrogen-bond acceptors (Lipinski definition) is 2. The number of carbonyl (C=O) groups is 2. The van der Waals surface area contributed by atoms with E-state index in [-0.39, 0.29) is 11.8 Å². The van der Waals surface area contributed by atoms with Gasteiger partial charge >= 0.3 is 0 Å². The summed E-state index contributed by atoms with van der Waals surface area (Å²) in [5.74, 6) is -0.439. The van der Waals surface area contributed by atoms with Gasteiger partial charge in [0.15, 0.2) is 0 Å². The van der Waals surface area contributed by atoms with Gasteiger partial charge in [-0.3, -0.25) is 9.59 Å². The number of aryl methyl sites for hydroxylation is 1. The first-order valence-corrected chi connectivity index (χ1v) is 9.01. The van der Waals surface area contributed by atoms with Gasteiger partial charge in [0.25, 0.3) is 11.8 Å². The van der Waals surface area contributed by atoms with E-state index in [0.29, 0.717) is 22.7 Å². The number of hydrazine groups is 1. The van der Waals surface area contributed by atoms with E-state index >= 15 is 0 Å². The summed E-state index contributed by atoms with van der Waals surface area (Å²) in [6.07, 6.45) is 0. The molecule has 26 heavy (non-hydrogen) atoms. The van der Waals surface area contributed by atoms with Crippen LogP contribution in [0.5, 0.6) is 0 Å². The fourth-order valence-corrected chi connectivity index (χ4v) is 2.92. The van der Waals surface area contributed by atoms with Crippen LogP contribution in [0.4, 0.5) is 0 Å². The number of hydrogen-bond donors (Lipinski definition) is 0. The van der Waals surface area contributed by atoms with Gasteiger partial charge in [-0.05, 0) is 71.0 Å². The second-order valence-electron chi connectivity index (χ2n) is 7.19. The van der Waals surface area contributed by atoms with Gasteiger partial charge in [0.05, 0.1) is 5.54 Å². The third-order valence-electron chi connectivity index (χ3n) is 3.96. The Morgan fingerprint density at radius 3 is 2.08 bits per heavy atom. The second kappa shape index (κ2) is 7.92. The minimum atomic E-state index is -0.571. The zero-order valence-electron chi connectivity index (χ0n) is 15.9. The average Bonchev–Trinajstić information content (AvgIpc) is 2.58. The van der Waals surface area contributed by atoms with Crippen LogP contribution in [0.15, 0.2) is 48.5 Å². The van der Waals surface area contributed by atoms with Crippen molar-refractivity contribution in [3.05, 3.63) is 70.2 Å². The molecule has 0 spiro atoms. The van der Waals surface area contributed by atoms with Crippen LogP contribution in [0, 0.1) is 6.92 Å². The summed E-state index contributed by atoms with van der Waals surface area (Å²) < 4.78 is 0. The Balaban J connectivity index is 2.45. The molecule has 2 aromatic rings. The molecule has 2 rings (SSSR count). The van der Waals surface area contributed by atoms with Gasteiger partial charge in [0, 0.05) is 22.7 Å². The molecule has 2 amide bonds. The number of nitrogens with zero attached hydrogens (tertiary/aromatic N) is 2. The first-order chi connectivity index (χ1) is 12.1. The maximum Gasteiger partial charge on any atom is 0.272 e. The molecule has 4 nitrogen and oxygen atoms in total. The highest BCUT2D eigenvalue weighted by Gasteiger charge is 2.35. The highest BCUT2D eigenvalue weighted by atomic mass is 35.5. The fourth-order valence-electron chi connectivity index (χ4n) is 2.79. The summed E-state index contributed by atoms with van der Waals surface area (Å²) >= 11 is 5.92. The molecule has 0 bridgehead atoms. The molecule has 0 unspecified atom stereocenters. The second-order valence-corrected chi connectivity index (χ2v) is 7.62. The van der Waals surface area contributed by atoms with Crippen LogP contribution in [0.25, 0.3) is 0 Å². The highest BCUT2D eigenvalue weighted by Crippen LogP contribution is 2.23. The Kier molecular flexibility index (Phi) is 6.09. The number of rotatable bonds is 3. The number of amides is 2. The van der Waals surface area contributed by atoms with E-state index < -0.39 is 5.54 Å². The minimum Gasteiger partial charge on any atom is -0.267 e. The summed E-state index contributed by atoms with van der Waals surface area (Å²) in [6, 6.07) is 14.1. The lowest BCUT2D eigenvalue weighted by Crippen LogP contribution is -2.58. The first kappa shape index (κ1) is 20.0. The molecule has 0 aliphatic carbocycles. The lowest BCUT2D eigenvalue weighted by molar-refractivity contribution is -0.0410. The van der Waals surface area contributed by atoms with Crippen molar-refractivity contribution in [1.29, 1.82) is 0 Å². The molecule has 2 aromatic carbocycles. The van der Waals surface area contributed by atoms with Gasteiger partial charge in [0.2, 0.25) is 0 Å². The molecule has 0 saturated heterocycles. The van der Waals surface area contributed by atoms with Crippen LogP contribution >= 0.6 is 11.6 Å². The average molecular weight is 373 g/mol. The van der Waals surface area contributed by atoms with Gasteiger partial charge in [-0.1, -0.05) is 29.3 Å². The van der Waals surface area contributed by atoms with Crippen molar-refractivity contribution in [2.75, 3.05) is 6.54 Å². The van der Waals surface area contributed by atoms with E-state index in [9.17, 15) is 9.59 Å². The standard InChI is InChI=1S/C21H25ClN2O2/c1-6-23(19(25)16-10-12-18(22)13-11-16)24(21(3,4)5)20(26)17-9-7-8-15(2)14-17/h7-14H,6H2,1-5H3. The SMILES string of the molecule is CCN(C(=O)c1ccc(Cl)cc1)N(C(=O)c1cccc(C)c1)C(C)(C)C. The minimum absolute atomic E-state index is 0.203. The van der Waals surface area contributed by atoms with Gasteiger partial charge in [-0.2, -0.15) is 0 Å². The maximum absolute atomic E-state index is 13.2. The summed E-state index contributed by atoms with van der Waals surface area (Å²) in [4.78, 5) is 26.3. The van der Waals surface area contributed by atoms with Crippen molar-refractivity contribution >= 4 is 23.4 Å². The normalized spacial score (nSPS) is 11.2. The van der Waals surface area contributed by atoms with E-state index in [0.717, 1.165) is 5.56 Å². The Bertz CT molecular complexity index is 794. The Morgan fingerprint density at radius 1 is 0.962 bits per heavy atom. The van der Waals surface area contributed by atoms with Gasteiger partial charge in [-0.15, -0.1) is 0 Å². The number of halogens is 1. The number of benzene rings is 2. The summed E-state index contributed by atoms with van der Waals surface area (Å²) in [5.41, 5.74) is 1.47. The van der Waals surface area contributed by atoms with Crippen molar-refractivity contribution in [2.45, 2.75) is 40.2 Å². The zero-order chi connectivity index (χ0) is 19.5. The van der Waals surface area contributed by atoms with Crippen molar-refractivity contribution in [3.63, 3.8) is 0 Å². The van der Waals surface area contributed by atoms with Gasteiger partial charge in [0.1, 0.15) is 0 Å². The molecule has 0 atom stereocenters. The molecule has 0 radical (unpaired) electrons. The zero-order valence-corrected chi connectivity index (χ0v) is 16.7. The fraction of sp³-hybridized carbons (Fsp3) is 0.333. The Morgan fingerprint density at radius 2 is 1.58 bits per heavy atom. The monoisotopic (exact) mass is 372 g/mol. The molecule has 0 aliphatic heterocycles. The van der Waals surface area contributed by atoms with Crippen LogP contribution in [-0.4, -0.2) is 33.9 Å². The summed E-state index contributed by atoms with van der Waals surface area (Å²) in [7, 11) is 0. The third-order valence-corrected chi connectivity index (χ3v) is 4.21. The molecule has 0 heterocycles. The van der Waals surface area contributed by atoms with Crippen molar-refractivity contribution in [1.82, 2.24) is 10.0 Å². The Hall–Kier alpha value is -2.33. The van der Waals surface area contributed by atoms with E-state index in [1.807, 2.05) is 52.8 Å². The molecule has 0 fully saturated rings. The molecule has 0 aliphatic rings. The van der Waals surface area contributed by atoms with Crippen molar-refractivity contribution in [3.8, 4) is 0 Å². The van der Waals surface area contributed by atoms with E-state index in [2.05, 4.69) is 0 Å². The van der Waals surface area contributed by atoms with Crippen LogP contribution in [0.2, 0.25) is 5.02 Å². The van der Waals surface area contributed by atoms with Gasteiger partial charge in [-0.25, -0.2) is 10.0 Å². The lowest BCUT2D eigenvalue weighted by Gasteiger charge is -2.43. The van der Waals surface area contributed by atoms with Gasteiger partial charge < -0.3 is 0 Å². The van der Waals surface area contributed by atoms with Crippen molar-refractivity contribution in [2.24, 2.45) is 0 Å². The molecule has 138 valence electrons. The quantitative estimate of drug-likeness (QED) is 0.714. The largest absolute Gasteiger partial charge is 0.272 e. The lowest BCUT2D eigenvalue weighted by atomic mass is 10.0. The molecule has 0 aromatic heterocycles. The molecule has 5 heteroatoms. The summed E-state index contributed by atoms with van der Waals surface area (Å²) in [6.45, 7) is 9.91. The molecule has 0 N–H and O–H groups in total. The third kappa shape index (κ3) is 4.44. The Labute approximate surface area is 160 Å². The van der Waals surface area contributed by atoms with Crippen molar-refractivity contribution < 1.29 is 9.59 Å². The van der Waals surface area contributed by atoms with E-state index in [4.69, 9.17) is 11.6 Å². The van der Waals surface area contributed by atoms with Crippen LogP contribution in [-0.2, 0) is 0 Å². The van der Waals surface area contributed by atoms with E-state index in [1.54, 1.807) is 35.3 Å². The highest BCUT2D eigenvalue weighted by molar-refractivity contribution is 6.30. The van der Waals surface area contributed by atoms with Crippen LogP contribution < -0.4 is 0 Å². The maximum atomic E-state index is 13.2. The smallest absolute Gasteiger partial charge is 0.267 e. The van der Waals surface area contributed by atoms with E-state index in [1.165, 1.54) is 5.01 Å². The summed E-state index contributed by atoms with van der Waals surface area (Å²) in [5, 5.41) is 3.60. The van der Waals surface area contributed by atoms with Crippen LogP contribution in [0.1, 0.15) is 54.0 Å². The molecular formula is C21H25ClN2O2. The first-order valence-electron chi connectivity index (χ1n) is 8.63. The van der Waals surface area contributed by atoms with Crippen LogP contribution in [0.3, 0.4) is 0 Å². The topological polar surface area (TPSA) is 40.6 Å². The predicted molar refractivity (Wildman–Crippen MR) is 105 cm³/mol. The molecular weight excluding hydrogens is 348 g/mol. The number of carbonyl (C=O) groups excluding carboxylic acids is 2.